The average Bonchev–Trinajstić information content (AvgIpc) is 3.10. The van der Waals surface area contributed by atoms with Crippen molar-refractivity contribution >= 4 is 44.5 Å². The van der Waals surface area contributed by atoms with Gasteiger partial charge in [0.1, 0.15) is 11.1 Å². The minimum absolute atomic E-state index is 0.0781. The number of aryl methyl sites for hydroxylation is 1. The number of rotatable bonds is 6. The normalized spacial score (nSPS) is 20.6. The molecule has 1 aliphatic carbocycles. The van der Waals surface area contributed by atoms with E-state index in [1.54, 1.807) is 12.1 Å². The SMILES string of the molecule is Cc1ccc(NC(=O)C[C@@H]2SC(=NS(=O)(=O)c3ccc(F)cc3)N(C3CCCCC3)C2=O)cc1. The first-order valence-corrected chi connectivity index (χ1v) is 13.5. The maximum atomic E-state index is 13.3. The fourth-order valence-corrected chi connectivity index (χ4v) is 6.53. The van der Waals surface area contributed by atoms with Crippen LogP contribution >= 0.6 is 11.8 Å². The van der Waals surface area contributed by atoms with Crippen molar-refractivity contribution in [2.24, 2.45) is 4.40 Å². The summed E-state index contributed by atoms with van der Waals surface area (Å²) in [4.78, 5) is 27.3. The summed E-state index contributed by atoms with van der Waals surface area (Å²) >= 11 is 0.999. The number of hydrogen-bond donors (Lipinski definition) is 1. The van der Waals surface area contributed by atoms with Gasteiger partial charge in [0, 0.05) is 18.2 Å². The van der Waals surface area contributed by atoms with E-state index in [2.05, 4.69) is 9.71 Å². The first kappa shape index (κ1) is 24.4. The highest BCUT2D eigenvalue weighted by atomic mass is 32.2. The lowest BCUT2D eigenvalue weighted by atomic mass is 9.94. The third kappa shape index (κ3) is 5.67. The molecule has 34 heavy (non-hydrogen) atoms. The highest BCUT2D eigenvalue weighted by Gasteiger charge is 2.43. The lowest BCUT2D eigenvalue weighted by Crippen LogP contribution is -2.42. The van der Waals surface area contributed by atoms with E-state index in [0.29, 0.717) is 5.69 Å². The molecule has 1 aliphatic heterocycles. The van der Waals surface area contributed by atoms with Crippen molar-refractivity contribution < 1.29 is 22.4 Å². The molecular formula is C24H26FN3O4S2. The number of amidine groups is 1. The Balaban J connectivity index is 1.57. The van der Waals surface area contributed by atoms with Gasteiger partial charge in [-0.1, -0.05) is 48.7 Å². The number of nitrogens with one attached hydrogen (secondary N) is 1. The molecule has 7 nitrogen and oxygen atoms in total. The van der Waals surface area contributed by atoms with Gasteiger partial charge in [-0.15, -0.1) is 4.40 Å². The zero-order valence-electron chi connectivity index (χ0n) is 18.7. The Morgan fingerprint density at radius 1 is 1.09 bits per heavy atom. The smallest absolute Gasteiger partial charge is 0.284 e. The molecule has 2 aromatic carbocycles. The monoisotopic (exact) mass is 503 g/mol. The largest absolute Gasteiger partial charge is 0.326 e. The lowest BCUT2D eigenvalue weighted by molar-refractivity contribution is -0.130. The molecule has 0 aromatic heterocycles. The number of halogens is 1. The summed E-state index contributed by atoms with van der Waals surface area (Å²) < 4.78 is 43.0. The van der Waals surface area contributed by atoms with E-state index in [1.165, 1.54) is 4.90 Å². The van der Waals surface area contributed by atoms with E-state index in [1.807, 2.05) is 19.1 Å². The second kappa shape index (κ2) is 10.3. The van der Waals surface area contributed by atoms with Gasteiger partial charge in [-0.25, -0.2) is 4.39 Å². The summed E-state index contributed by atoms with van der Waals surface area (Å²) in [6, 6.07) is 11.6. The van der Waals surface area contributed by atoms with Gasteiger partial charge < -0.3 is 5.32 Å². The molecule has 1 heterocycles. The zero-order valence-corrected chi connectivity index (χ0v) is 20.4. The molecule has 2 aliphatic rings. The Labute approximate surface area is 202 Å². The van der Waals surface area contributed by atoms with Crippen molar-refractivity contribution in [3.63, 3.8) is 0 Å². The molecule has 1 N–H and O–H groups in total. The third-order valence-electron chi connectivity index (χ3n) is 5.92. The van der Waals surface area contributed by atoms with Crippen molar-refractivity contribution in [3.05, 3.63) is 59.9 Å². The average molecular weight is 504 g/mol. The van der Waals surface area contributed by atoms with Crippen LogP contribution in [-0.4, -0.2) is 41.6 Å². The molecule has 1 saturated heterocycles. The lowest BCUT2D eigenvalue weighted by Gasteiger charge is -2.30. The van der Waals surface area contributed by atoms with Crippen LogP contribution in [-0.2, 0) is 19.6 Å². The van der Waals surface area contributed by atoms with Gasteiger partial charge in [0.15, 0.2) is 5.17 Å². The van der Waals surface area contributed by atoms with Crippen molar-refractivity contribution in [1.82, 2.24) is 4.90 Å². The fraction of sp³-hybridized carbons (Fsp3) is 0.375. The molecule has 10 heteroatoms. The van der Waals surface area contributed by atoms with Crippen molar-refractivity contribution in [2.45, 2.75) is 61.6 Å². The first-order chi connectivity index (χ1) is 16.2. The van der Waals surface area contributed by atoms with E-state index in [-0.39, 0.29) is 34.3 Å². The van der Waals surface area contributed by atoms with Gasteiger partial charge in [-0.3, -0.25) is 14.5 Å². The topological polar surface area (TPSA) is 95.9 Å². The number of anilines is 1. The van der Waals surface area contributed by atoms with E-state index in [0.717, 1.165) is 73.7 Å². The summed E-state index contributed by atoms with van der Waals surface area (Å²) in [5.41, 5.74) is 1.69. The maximum absolute atomic E-state index is 13.3. The highest BCUT2D eigenvalue weighted by molar-refractivity contribution is 8.16. The Kier molecular flexibility index (Phi) is 7.37. The van der Waals surface area contributed by atoms with E-state index in [9.17, 15) is 22.4 Å². The van der Waals surface area contributed by atoms with Crippen molar-refractivity contribution in [3.8, 4) is 0 Å². The van der Waals surface area contributed by atoms with Gasteiger partial charge >= 0.3 is 0 Å². The number of carbonyl (C=O) groups is 2. The molecule has 180 valence electrons. The molecule has 2 aromatic rings. The van der Waals surface area contributed by atoms with Gasteiger partial charge in [0.05, 0.1) is 4.90 Å². The highest BCUT2D eigenvalue weighted by Crippen LogP contribution is 2.36. The summed E-state index contributed by atoms with van der Waals surface area (Å²) in [5.74, 6) is -1.19. The van der Waals surface area contributed by atoms with Crippen molar-refractivity contribution in [1.29, 1.82) is 0 Å². The van der Waals surface area contributed by atoms with Crippen LogP contribution in [0.5, 0.6) is 0 Å². The zero-order chi connectivity index (χ0) is 24.3. The van der Waals surface area contributed by atoms with Crippen LogP contribution in [0.3, 0.4) is 0 Å². The van der Waals surface area contributed by atoms with Crippen LogP contribution in [0.2, 0.25) is 0 Å². The number of amides is 2. The van der Waals surface area contributed by atoms with Crippen LogP contribution in [0.4, 0.5) is 10.1 Å². The number of thioether (sulfide) groups is 1. The predicted octanol–water partition coefficient (Wildman–Crippen LogP) is 4.48. The van der Waals surface area contributed by atoms with Crippen LogP contribution in [0.15, 0.2) is 57.8 Å². The Hall–Kier alpha value is -2.72. The molecule has 4 rings (SSSR count). The summed E-state index contributed by atoms with van der Waals surface area (Å²) in [7, 11) is -4.15. The number of carbonyl (C=O) groups excluding carboxylic acids is 2. The maximum Gasteiger partial charge on any atom is 0.284 e. The van der Waals surface area contributed by atoms with E-state index >= 15 is 0 Å². The second-order valence-corrected chi connectivity index (χ2v) is 11.3. The first-order valence-electron chi connectivity index (χ1n) is 11.2. The molecule has 0 unspecified atom stereocenters. The van der Waals surface area contributed by atoms with Crippen LogP contribution in [0.1, 0.15) is 44.1 Å². The number of benzene rings is 2. The Bertz CT molecular complexity index is 1190. The molecule has 2 amide bonds. The predicted molar refractivity (Wildman–Crippen MR) is 131 cm³/mol. The minimum atomic E-state index is -4.15. The van der Waals surface area contributed by atoms with Crippen molar-refractivity contribution in [2.75, 3.05) is 5.32 Å². The molecular weight excluding hydrogens is 477 g/mol. The minimum Gasteiger partial charge on any atom is -0.326 e. The summed E-state index contributed by atoms with van der Waals surface area (Å²) in [6.07, 6.45) is 4.35. The quantitative estimate of drug-likeness (QED) is 0.627. The van der Waals surface area contributed by atoms with Crippen LogP contribution in [0, 0.1) is 12.7 Å². The molecule has 1 saturated carbocycles. The molecule has 0 bridgehead atoms. The van der Waals surface area contributed by atoms with E-state index < -0.39 is 21.1 Å². The van der Waals surface area contributed by atoms with Gasteiger partial charge in [-0.2, -0.15) is 8.42 Å². The molecule has 1 atom stereocenters. The standard InChI is InChI=1S/C24H26FN3O4S2/c1-16-7-11-18(12-8-16)26-22(29)15-21-23(30)28(19-5-3-2-4-6-19)24(33-21)27-34(31,32)20-13-9-17(25)10-14-20/h7-14,19,21H,2-6,15H2,1H3,(H,26,29)/t21-/m0/s1. The second-order valence-electron chi connectivity index (χ2n) is 8.53. The number of hydrogen-bond acceptors (Lipinski definition) is 5. The summed E-state index contributed by atoms with van der Waals surface area (Å²) in [6.45, 7) is 1.94. The number of nitrogens with zero attached hydrogens (tertiary/aromatic N) is 2. The summed E-state index contributed by atoms with van der Waals surface area (Å²) in [5, 5.41) is 2.10. The fourth-order valence-electron chi connectivity index (χ4n) is 4.13. The molecule has 0 radical (unpaired) electrons. The third-order valence-corrected chi connectivity index (χ3v) is 8.47. The Morgan fingerprint density at radius 2 is 1.74 bits per heavy atom. The van der Waals surface area contributed by atoms with Gasteiger partial charge in [0.2, 0.25) is 11.8 Å². The van der Waals surface area contributed by atoms with E-state index in [4.69, 9.17) is 0 Å². The van der Waals surface area contributed by atoms with Crippen LogP contribution in [0.25, 0.3) is 0 Å². The van der Waals surface area contributed by atoms with Gasteiger partial charge in [0.25, 0.3) is 10.0 Å². The van der Waals surface area contributed by atoms with Gasteiger partial charge in [-0.05, 0) is 56.2 Å². The Morgan fingerprint density at radius 3 is 2.38 bits per heavy atom. The molecule has 2 fully saturated rings. The molecule has 0 spiro atoms. The van der Waals surface area contributed by atoms with Crippen LogP contribution < -0.4 is 5.32 Å². The number of sulfonamides is 1.